The van der Waals surface area contributed by atoms with Gasteiger partial charge in [-0.25, -0.2) is 9.97 Å². The fourth-order valence-electron chi connectivity index (χ4n) is 1.12. The summed E-state index contributed by atoms with van der Waals surface area (Å²) < 4.78 is 0. The lowest BCUT2D eigenvalue weighted by Gasteiger charge is -1.97. The zero-order chi connectivity index (χ0) is 9.26. The van der Waals surface area contributed by atoms with Crippen LogP contribution in [0.2, 0.25) is 0 Å². The molecule has 0 bridgehead atoms. The Hall–Kier alpha value is -1.75. The van der Waals surface area contributed by atoms with Crippen LogP contribution in [0, 0.1) is 0 Å². The van der Waals surface area contributed by atoms with Crippen LogP contribution in [-0.2, 0) is 6.54 Å². The zero-order valence-electron chi connectivity index (χ0n) is 6.82. The van der Waals surface area contributed by atoms with Crippen molar-refractivity contribution in [2.45, 2.75) is 6.54 Å². The Morgan fingerprint density at radius 1 is 1.54 bits per heavy atom. The van der Waals surface area contributed by atoms with E-state index in [-0.39, 0.29) is 12.1 Å². The number of nitrogens with zero attached hydrogens (tertiary/aromatic N) is 2. The molecule has 2 heterocycles. The van der Waals surface area contributed by atoms with Crippen LogP contribution in [0.15, 0.2) is 23.1 Å². The Bertz CT molecular complexity index is 491. The number of pyridine rings is 1. The lowest BCUT2D eigenvalue weighted by Crippen LogP contribution is -2.15. The van der Waals surface area contributed by atoms with Crippen molar-refractivity contribution < 1.29 is 0 Å². The fraction of sp³-hybridized carbons (Fsp3) is 0.125. The van der Waals surface area contributed by atoms with Crippen LogP contribution < -0.4 is 11.3 Å². The Kier molecular flexibility index (Phi) is 1.79. The first-order valence-corrected chi connectivity index (χ1v) is 3.85. The molecule has 0 amide bonds. The predicted molar refractivity (Wildman–Crippen MR) is 48.1 cm³/mol. The second-order valence-corrected chi connectivity index (χ2v) is 2.59. The molecule has 0 saturated carbocycles. The number of hydrogen-bond acceptors (Lipinski definition) is 4. The van der Waals surface area contributed by atoms with E-state index in [1.807, 2.05) is 0 Å². The van der Waals surface area contributed by atoms with Crippen molar-refractivity contribution in [3.05, 3.63) is 34.5 Å². The van der Waals surface area contributed by atoms with E-state index >= 15 is 0 Å². The molecule has 0 saturated heterocycles. The number of rotatable bonds is 1. The maximum Gasteiger partial charge on any atom is 0.277 e. The number of hydrogen-bond donors (Lipinski definition) is 2. The van der Waals surface area contributed by atoms with Crippen molar-refractivity contribution in [2.75, 3.05) is 0 Å². The summed E-state index contributed by atoms with van der Waals surface area (Å²) in [5, 5.41) is 0. The normalized spacial score (nSPS) is 10.5. The van der Waals surface area contributed by atoms with Crippen molar-refractivity contribution in [3.63, 3.8) is 0 Å². The molecule has 3 N–H and O–H groups in total. The molecule has 0 radical (unpaired) electrons. The predicted octanol–water partition coefficient (Wildman–Crippen LogP) is -0.223. The van der Waals surface area contributed by atoms with Gasteiger partial charge in [-0.3, -0.25) is 4.79 Å². The van der Waals surface area contributed by atoms with Gasteiger partial charge < -0.3 is 10.7 Å². The Morgan fingerprint density at radius 3 is 3.15 bits per heavy atom. The van der Waals surface area contributed by atoms with Gasteiger partial charge in [0, 0.05) is 6.20 Å². The molecule has 0 fully saturated rings. The van der Waals surface area contributed by atoms with E-state index in [4.69, 9.17) is 5.73 Å². The molecule has 2 aromatic rings. The minimum atomic E-state index is -0.244. The quantitative estimate of drug-likeness (QED) is 0.628. The highest BCUT2D eigenvalue weighted by Crippen LogP contribution is 2.01. The highest BCUT2D eigenvalue weighted by molar-refractivity contribution is 5.72. The van der Waals surface area contributed by atoms with Crippen LogP contribution in [-0.4, -0.2) is 15.0 Å². The number of nitrogens with one attached hydrogen (secondary N) is 1. The van der Waals surface area contributed by atoms with E-state index in [9.17, 15) is 4.79 Å². The van der Waals surface area contributed by atoms with Gasteiger partial charge in [0.2, 0.25) is 0 Å². The highest BCUT2D eigenvalue weighted by Gasteiger charge is 2.01. The molecule has 13 heavy (non-hydrogen) atoms. The Balaban J connectivity index is 2.85. The SMILES string of the molecule is NCc1nc2cccnc2c(=O)[nH]1. The van der Waals surface area contributed by atoms with Gasteiger partial charge in [0.1, 0.15) is 5.82 Å². The van der Waals surface area contributed by atoms with Crippen LogP contribution in [0.4, 0.5) is 0 Å². The number of nitrogens with two attached hydrogens (primary N) is 1. The first-order valence-electron chi connectivity index (χ1n) is 3.85. The van der Waals surface area contributed by atoms with E-state index in [1.165, 1.54) is 0 Å². The molecule has 5 nitrogen and oxygen atoms in total. The molecule has 2 rings (SSSR count). The summed E-state index contributed by atoms with van der Waals surface area (Å²) >= 11 is 0. The average molecular weight is 176 g/mol. The number of aromatic amines is 1. The van der Waals surface area contributed by atoms with E-state index in [1.54, 1.807) is 18.3 Å². The van der Waals surface area contributed by atoms with Gasteiger partial charge in [-0.15, -0.1) is 0 Å². The third kappa shape index (κ3) is 1.29. The summed E-state index contributed by atoms with van der Waals surface area (Å²) in [7, 11) is 0. The highest BCUT2D eigenvalue weighted by atomic mass is 16.1. The monoisotopic (exact) mass is 176 g/mol. The lowest BCUT2D eigenvalue weighted by molar-refractivity contribution is 0.909. The van der Waals surface area contributed by atoms with Crippen molar-refractivity contribution in [3.8, 4) is 0 Å². The topological polar surface area (TPSA) is 84.7 Å². The van der Waals surface area contributed by atoms with Gasteiger partial charge in [0.05, 0.1) is 12.1 Å². The second-order valence-electron chi connectivity index (χ2n) is 2.59. The van der Waals surface area contributed by atoms with E-state index in [0.29, 0.717) is 16.9 Å². The van der Waals surface area contributed by atoms with Crippen LogP contribution in [0.3, 0.4) is 0 Å². The third-order valence-electron chi connectivity index (χ3n) is 1.71. The minimum Gasteiger partial charge on any atom is -0.324 e. The van der Waals surface area contributed by atoms with Crippen molar-refractivity contribution >= 4 is 11.0 Å². The molecule has 0 aromatic carbocycles. The largest absolute Gasteiger partial charge is 0.324 e. The van der Waals surface area contributed by atoms with E-state index < -0.39 is 0 Å². The summed E-state index contributed by atoms with van der Waals surface area (Å²) in [6.45, 7) is 0.222. The number of H-pyrrole nitrogens is 1. The first-order chi connectivity index (χ1) is 6.31. The van der Waals surface area contributed by atoms with Gasteiger partial charge >= 0.3 is 0 Å². The van der Waals surface area contributed by atoms with E-state index in [0.717, 1.165) is 0 Å². The standard InChI is InChI=1S/C8H8N4O/c9-4-6-11-5-2-1-3-10-7(5)8(13)12-6/h1-3H,4,9H2,(H,11,12,13). The van der Waals surface area contributed by atoms with Gasteiger partial charge in [-0.2, -0.15) is 0 Å². The van der Waals surface area contributed by atoms with Gasteiger partial charge in [0.15, 0.2) is 5.52 Å². The molecule has 0 atom stereocenters. The molecule has 0 aliphatic heterocycles. The van der Waals surface area contributed by atoms with Crippen LogP contribution in [0.5, 0.6) is 0 Å². The lowest BCUT2D eigenvalue weighted by atomic mass is 10.3. The fourth-order valence-corrected chi connectivity index (χ4v) is 1.12. The van der Waals surface area contributed by atoms with E-state index in [2.05, 4.69) is 15.0 Å². The van der Waals surface area contributed by atoms with Crippen LogP contribution in [0.25, 0.3) is 11.0 Å². The summed E-state index contributed by atoms with van der Waals surface area (Å²) in [5.74, 6) is 0.477. The molecular weight excluding hydrogens is 168 g/mol. The summed E-state index contributed by atoms with van der Waals surface area (Å²) in [6, 6.07) is 3.46. The van der Waals surface area contributed by atoms with Crippen molar-refractivity contribution in [1.82, 2.24) is 15.0 Å². The molecule has 2 aromatic heterocycles. The Labute approximate surface area is 73.6 Å². The molecule has 5 heteroatoms. The van der Waals surface area contributed by atoms with Gasteiger partial charge in [-0.05, 0) is 12.1 Å². The average Bonchev–Trinajstić information content (AvgIpc) is 2.18. The summed E-state index contributed by atoms with van der Waals surface area (Å²) in [4.78, 5) is 21.9. The molecule has 66 valence electrons. The number of aromatic nitrogens is 3. The van der Waals surface area contributed by atoms with Gasteiger partial charge in [0.25, 0.3) is 5.56 Å². The zero-order valence-corrected chi connectivity index (χ0v) is 6.82. The maximum atomic E-state index is 11.3. The molecule has 0 aliphatic rings. The smallest absolute Gasteiger partial charge is 0.277 e. The summed E-state index contributed by atoms with van der Waals surface area (Å²) in [6.07, 6.45) is 1.56. The second kappa shape index (κ2) is 2.95. The van der Waals surface area contributed by atoms with Crippen molar-refractivity contribution in [2.24, 2.45) is 5.73 Å². The molecule has 0 spiro atoms. The first kappa shape index (κ1) is 7.88. The number of fused-ring (bicyclic) bond motifs is 1. The van der Waals surface area contributed by atoms with Crippen LogP contribution >= 0.6 is 0 Å². The Morgan fingerprint density at radius 2 is 2.38 bits per heavy atom. The molecule has 0 aliphatic carbocycles. The maximum absolute atomic E-state index is 11.3. The van der Waals surface area contributed by atoms with Crippen LogP contribution in [0.1, 0.15) is 5.82 Å². The minimum absolute atomic E-state index is 0.222. The third-order valence-corrected chi connectivity index (χ3v) is 1.71. The van der Waals surface area contributed by atoms with Crippen molar-refractivity contribution in [1.29, 1.82) is 0 Å². The molecular formula is C8H8N4O. The van der Waals surface area contributed by atoms with Gasteiger partial charge in [-0.1, -0.05) is 0 Å². The summed E-state index contributed by atoms with van der Waals surface area (Å²) in [5.41, 5.74) is 6.03. The molecule has 0 unspecified atom stereocenters.